The normalized spacial score (nSPS) is 25.1. The molecule has 7 nitrogen and oxygen atoms in total. The maximum Gasteiger partial charge on any atom is 0.257 e. The largest absolute Gasteiger partial charge is 0.353 e. The van der Waals surface area contributed by atoms with Crippen LogP contribution in [0.1, 0.15) is 43.4 Å². The first-order chi connectivity index (χ1) is 17.2. The molecule has 0 radical (unpaired) electrons. The molecular weight excluding hydrogens is 510 g/mol. The minimum atomic E-state index is -3.41. The number of hydrogen-bond acceptors (Lipinski definition) is 7. The minimum Gasteiger partial charge on any atom is -0.353 e. The van der Waals surface area contributed by atoms with Crippen molar-refractivity contribution in [2.75, 3.05) is 24.8 Å². The number of nitrogens with one attached hydrogen (secondary N) is 1. The Balaban J connectivity index is 1.45. The molecule has 1 saturated heterocycles. The molecule has 2 aliphatic rings. The van der Waals surface area contributed by atoms with Crippen LogP contribution in [-0.2, 0) is 30.5 Å². The van der Waals surface area contributed by atoms with Crippen LogP contribution in [0.25, 0.3) is 5.57 Å². The third-order valence-electron chi connectivity index (χ3n) is 6.26. The molecule has 2 aromatic rings. The fraction of sp³-hybridized carbons (Fsp3) is 0.520. The van der Waals surface area contributed by atoms with Gasteiger partial charge in [0.1, 0.15) is 12.3 Å². The molecule has 36 heavy (non-hydrogen) atoms. The number of nitrogens with zero attached hydrogens (tertiary/aromatic N) is 1. The number of anilines is 1. The zero-order valence-corrected chi connectivity index (χ0v) is 21.6. The third-order valence-corrected chi connectivity index (χ3v) is 8.20. The smallest absolute Gasteiger partial charge is 0.257 e. The van der Waals surface area contributed by atoms with E-state index in [-0.39, 0.29) is 29.6 Å². The van der Waals surface area contributed by atoms with Gasteiger partial charge < -0.3 is 9.47 Å². The van der Waals surface area contributed by atoms with Crippen molar-refractivity contribution in [2.24, 2.45) is 5.92 Å². The molecule has 2 fully saturated rings. The number of allylic oxidation sites excluding steroid dienone is 1. The average Bonchev–Trinajstić information content (AvgIpc) is 3.42. The van der Waals surface area contributed by atoms with Crippen LogP contribution in [-0.4, -0.2) is 57.4 Å². The highest BCUT2D eigenvalue weighted by Crippen LogP contribution is 2.34. The van der Waals surface area contributed by atoms with E-state index in [1.807, 2.05) is 5.38 Å². The minimum absolute atomic E-state index is 0.00845. The molecule has 4 atom stereocenters. The number of rotatable bonds is 9. The molecule has 1 aromatic carbocycles. The van der Waals surface area contributed by atoms with E-state index in [0.29, 0.717) is 30.3 Å². The first-order valence-corrected chi connectivity index (χ1v) is 14.8. The molecule has 11 heteroatoms. The fourth-order valence-corrected chi connectivity index (χ4v) is 5.68. The van der Waals surface area contributed by atoms with Gasteiger partial charge in [-0.25, -0.2) is 22.2 Å². The van der Waals surface area contributed by atoms with Crippen molar-refractivity contribution in [2.45, 2.75) is 62.1 Å². The van der Waals surface area contributed by atoms with E-state index >= 15 is 0 Å². The molecule has 1 N–H and O–H groups in total. The molecule has 2 heterocycles. The Labute approximate surface area is 213 Å². The van der Waals surface area contributed by atoms with Crippen LogP contribution in [0.5, 0.6) is 0 Å². The van der Waals surface area contributed by atoms with Crippen molar-refractivity contribution < 1.29 is 31.5 Å². The van der Waals surface area contributed by atoms with Crippen LogP contribution in [0.2, 0.25) is 0 Å². The molecule has 0 bridgehead atoms. The van der Waals surface area contributed by atoms with E-state index < -0.39 is 34.0 Å². The number of halogens is 2. The molecule has 1 unspecified atom stereocenters. The van der Waals surface area contributed by atoms with Crippen molar-refractivity contribution in [1.82, 2.24) is 4.98 Å². The molecule has 1 aliphatic carbocycles. The van der Waals surface area contributed by atoms with Gasteiger partial charge >= 0.3 is 0 Å². The highest BCUT2D eigenvalue weighted by Gasteiger charge is 2.34. The van der Waals surface area contributed by atoms with Gasteiger partial charge in [0.05, 0.1) is 17.2 Å². The lowest BCUT2D eigenvalue weighted by molar-refractivity contribution is -0.161. The fourth-order valence-electron chi connectivity index (χ4n) is 4.31. The lowest BCUT2D eigenvalue weighted by Gasteiger charge is -2.22. The summed E-state index contributed by atoms with van der Waals surface area (Å²) in [6.07, 6.45) is 2.94. The van der Waals surface area contributed by atoms with Gasteiger partial charge in [-0.3, -0.25) is 10.1 Å². The summed E-state index contributed by atoms with van der Waals surface area (Å²) in [5.74, 6) is -0.927. The van der Waals surface area contributed by atoms with Crippen molar-refractivity contribution in [3.05, 3.63) is 47.0 Å². The Morgan fingerprint density at radius 3 is 2.58 bits per heavy atom. The van der Waals surface area contributed by atoms with Gasteiger partial charge in [0.2, 0.25) is 0 Å². The van der Waals surface area contributed by atoms with Gasteiger partial charge in [-0.15, -0.1) is 11.3 Å². The van der Waals surface area contributed by atoms with Crippen molar-refractivity contribution >= 4 is 37.8 Å². The Kier molecular flexibility index (Phi) is 8.87. The highest BCUT2D eigenvalue weighted by atomic mass is 32.2. The van der Waals surface area contributed by atoms with Crippen molar-refractivity contribution in [1.29, 1.82) is 0 Å². The summed E-state index contributed by atoms with van der Waals surface area (Å²) in [6, 6.07) is 5.87. The second-order valence-electron chi connectivity index (χ2n) is 9.16. The van der Waals surface area contributed by atoms with E-state index in [0.717, 1.165) is 31.2 Å². The summed E-state index contributed by atoms with van der Waals surface area (Å²) in [5, 5.41) is 5.00. The second-order valence-corrected chi connectivity index (χ2v) is 12.0. The van der Waals surface area contributed by atoms with Crippen LogP contribution in [0, 0.1) is 5.92 Å². The van der Waals surface area contributed by atoms with E-state index in [1.165, 1.54) is 35.6 Å². The number of alkyl halides is 2. The SMILES string of the molecule is CS(=O)(=O)c1ccc(/C(=C\[C@H]2C[C@@H](F)[C@@H](F)C2)C(=O)Nc2nc(CCOC3CCCCO3)cs2)cc1. The van der Waals surface area contributed by atoms with Gasteiger partial charge in [0, 0.05) is 30.2 Å². The summed E-state index contributed by atoms with van der Waals surface area (Å²) >= 11 is 1.27. The van der Waals surface area contributed by atoms with Crippen molar-refractivity contribution in [3.63, 3.8) is 0 Å². The first-order valence-electron chi connectivity index (χ1n) is 12.0. The third kappa shape index (κ3) is 7.18. The number of carbonyl (C=O) groups is 1. The second kappa shape index (κ2) is 11.9. The van der Waals surface area contributed by atoms with Crippen LogP contribution in [0.3, 0.4) is 0 Å². The summed E-state index contributed by atoms with van der Waals surface area (Å²) in [7, 11) is -3.41. The van der Waals surface area contributed by atoms with Crippen LogP contribution in [0.15, 0.2) is 40.6 Å². The van der Waals surface area contributed by atoms with Crippen LogP contribution < -0.4 is 5.32 Å². The zero-order chi connectivity index (χ0) is 25.7. The molecule has 1 aromatic heterocycles. The zero-order valence-electron chi connectivity index (χ0n) is 20.0. The molecule has 4 rings (SSSR count). The number of hydrogen-bond donors (Lipinski definition) is 1. The van der Waals surface area contributed by atoms with Gasteiger partial charge in [0.15, 0.2) is 21.3 Å². The lowest BCUT2D eigenvalue weighted by atomic mass is 9.98. The maximum absolute atomic E-state index is 13.8. The Morgan fingerprint density at radius 1 is 1.22 bits per heavy atom. The number of ether oxygens (including phenoxy) is 2. The predicted molar refractivity (Wildman–Crippen MR) is 134 cm³/mol. The number of amides is 1. The van der Waals surface area contributed by atoms with Gasteiger partial charge in [-0.05, 0) is 55.7 Å². The van der Waals surface area contributed by atoms with E-state index in [1.54, 1.807) is 6.08 Å². The molecule has 1 amide bonds. The average molecular weight is 541 g/mol. The van der Waals surface area contributed by atoms with Crippen LogP contribution in [0.4, 0.5) is 13.9 Å². The standard InChI is InChI=1S/C25H30F2N2O5S2/c1-36(31,32)19-7-5-17(6-8-19)20(12-16-13-21(26)22(27)14-16)24(30)29-25-28-18(15-35-25)9-11-34-23-4-2-3-10-33-23/h5-8,12,15-16,21-23H,2-4,9-11,13-14H2,1H3,(H,28,29,30)/b20-12+/t16-,21+,22-,23?. The van der Waals surface area contributed by atoms with Crippen LogP contribution >= 0.6 is 11.3 Å². The quantitative estimate of drug-likeness (QED) is 0.462. The number of thiazole rings is 1. The van der Waals surface area contributed by atoms with Gasteiger partial charge in [0.25, 0.3) is 5.91 Å². The number of aromatic nitrogens is 1. The molecule has 1 aliphatic heterocycles. The number of benzene rings is 1. The van der Waals surface area contributed by atoms with Gasteiger partial charge in [-0.1, -0.05) is 18.2 Å². The Morgan fingerprint density at radius 2 is 1.94 bits per heavy atom. The summed E-state index contributed by atoms with van der Waals surface area (Å²) in [6.45, 7) is 1.17. The van der Waals surface area contributed by atoms with Crippen molar-refractivity contribution in [3.8, 4) is 0 Å². The molecule has 0 spiro atoms. The van der Waals surface area contributed by atoms with Gasteiger partial charge in [-0.2, -0.15) is 0 Å². The summed E-state index contributed by atoms with van der Waals surface area (Å²) in [4.78, 5) is 17.8. The summed E-state index contributed by atoms with van der Waals surface area (Å²) in [5.41, 5.74) is 1.44. The monoisotopic (exact) mass is 540 g/mol. The molecular formula is C25H30F2N2O5S2. The van der Waals surface area contributed by atoms with E-state index in [9.17, 15) is 22.0 Å². The Hall–Kier alpha value is -2.21. The summed E-state index contributed by atoms with van der Waals surface area (Å²) < 4.78 is 62.5. The Bertz CT molecular complexity index is 1170. The topological polar surface area (TPSA) is 94.6 Å². The maximum atomic E-state index is 13.8. The molecule has 1 saturated carbocycles. The highest BCUT2D eigenvalue weighted by molar-refractivity contribution is 7.90. The van der Waals surface area contributed by atoms with E-state index in [4.69, 9.17) is 9.47 Å². The number of sulfone groups is 1. The van der Waals surface area contributed by atoms with E-state index in [2.05, 4.69) is 10.3 Å². The first kappa shape index (κ1) is 26.8. The molecule has 196 valence electrons. The number of carbonyl (C=O) groups excluding carboxylic acids is 1. The lowest BCUT2D eigenvalue weighted by Crippen LogP contribution is -2.23. The predicted octanol–water partition coefficient (Wildman–Crippen LogP) is 4.74.